The van der Waals surface area contributed by atoms with Gasteiger partial charge in [0, 0.05) is 31.0 Å². The van der Waals surface area contributed by atoms with Crippen molar-refractivity contribution in [2.24, 2.45) is 0 Å². The summed E-state index contributed by atoms with van der Waals surface area (Å²) in [6.45, 7) is 3.81. The van der Waals surface area contributed by atoms with Crippen LogP contribution in [0.3, 0.4) is 0 Å². The maximum Gasteiger partial charge on any atom is 0.248 e. The van der Waals surface area contributed by atoms with E-state index < -0.39 is 12.0 Å². The maximum atomic E-state index is 13.4. The third kappa shape index (κ3) is 4.64. The summed E-state index contributed by atoms with van der Waals surface area (Å²) in [6.07, 6.45) is 5.16. The Kier molecular flexibility index (Phi) is 5.47. The van der Waals surface area contributed by atoms with Crippen LogP contribution in [0.1, 0.15) is 55.2 Å². The lowest BCUT2D eigenvalue weighted by molar-refractivity contribution is -0.0361. The molecule has 2 aromatic rings. The number of terminal acetylenes is 1. The number of nitrogens with zero attached hydrogens (tertiary/aromatic N) is 3. The Morgan fingerprint density at radius 2 is 2.04 bits per heavy atom. The fourth-order valence-electron chi connectivity index (χ4n) is 3.40. The average Bonchev–Trinajstić information content (AvgIpc) is 2.95. The smallest absolute Gasteiger partial charge is 0.248 e. The molecular weight excluding hydrogens is 350 g/mol. The molecular formula is C20H24F2N4O. The van der Waals surface area contributed by atoms with Crippen LogP contribution in [-0.4, -0.2) is 31.8 Å². The van der Waals surface area contributed by atoms with E-state index in [1.54, 1.807) is 16.8 Å². The highest BCUT2D eigenvalue weighted by Gasteiger charge is 2.35. The van der Waals surface area contributed by atoms with Crippen molar-refractivity contribution in [3.63, 3.8) is 0 Å². The molecule has 7 heteroatoms. The van der Waals surface area contributed by atoms with Crippen LogP contribution in [0.25, 0.3) is 5.82 Å². The quantitative estimate of drug-likeness (QED) is 0.779. The van der Waals surface area contributed by atoms with Crippen molar-refractivity contribution in [3.05, 3.63) is 35.2 Å². The van der Waals surface area contributed by atoms with E-state index in [9.17, 15) is 13.9 Å². The van der Waals surface area contributed by atoms with Crippen LogP contribution in [-0.2, 0) is 0 Å². The Morgan fingerprint density at radius 1 is 1.33 bits per heavy atom. The van der Waals surface area contributed by atoms with Crippen LogP contribution in [0.15, 0.2) is 18.2 Å². The van der Waals surface area contributed by atoms with Crippen LogP contribution >= 0.6 is 0 Å². The third-order valence-electron chi connectivity index (χ3n) is 4.83. The molecule has 2 aromatic heterocycles. The van der Waals surface area contributed by atoms with Gasteiger partial charge in [0.1, 0.15) is 5.82 Å². The minimum absolute atomic E-state index is 0.0783. The normalized spacial score (nSPS) is 18.1. The van der Waals surface area contributed by atoms with E-state index in [4.69, 9.17) is 6.42 Å². The van der Waals surface area contributed by atoms with Gasteiger partial charge in [-0.15, -0.1) is 12.3 Å². The summed E-state index contributed by atoms with van der Waals surface area (Å²) in [4.78, 5) is 4.59. The Labute approximate surface area is 157 Å². The first kappa shape index (κ1) is 19.3. The fourth-order valence-corrected chi connectivity index (χ4v) is 3.40. The molecule has 0 bridgehead atoms. The molecule has 5 nitrogen and oxygen atoms in total. The number of hydrogen-bond donors (Lipinski definition) is 2. The van der Waals surface area contributed by atoms with E-state index in [1.165, 1.54) is 0 Å². The molecule has 144 valence electrons. The molecule has 2 N–H and O–H groups in total. The molecule has 1 saturated carbocycles. The number of rotatable bonds is 5. The molecule has 0 radical (unpaired) electrons. The van der Waals surface area contributed by atoms with Crippen LogP contribution in [0.2, 0.25) is 0 Å². The van der Waals surface area contributed by atoms with E-state index in [0.29, 0.717) is 30.0 Å². The number of alkyl halides is 2. The van der Waals surface area contributed by atoms with Gasteiger partial charge in [0.2, 0.25) is 5.92 Å². The number of aliphatic hydroxyl groups is 1. The molecule has 0 amide bonds. The van der Waals surface area contributed by atoms with Gasteiger partial charge in [0.15, 0.2) is 5.82 Å². The largest absolute Gasteiger partial charge is 0.387 e. The van der Waals surface area contributed by atoms with Crippen LogP contribution in [0.5, 0.6) is 0 Å². The number of pyridine rings is 1. The van der Waals surface area contributed by atoms with Gasteiger partial charge in [-0.3, -0.25) is 0 Å². The van der Waals surface area contributed by atoms with Crippen molar-refractivity contribution in [1.29, 1.82) is 0 Å². The van der Waals surface area contributed by atoms with Crippen molar-refractivity contribution in [2.75, 3.05) is 5.32 Å². The zero-order valence-corrected chi connectivity index (χ0v) is 15.5. The van der Waals surface area contributed by atoms with Crippen molar-refractivity contribution in [3.8, 4) is 18.2 Å². The lowest BCUT2D eigenvalue weighted by atomic mass is 9.92. The van der Waals surface area contributed by atoms with Crippen molar-refractivity contribution >= 4 is 5.82 Å². The SMILES string of the molecule is C#CCC(O)c1cc(NC2CCC(F)(F)CC2)nc(-n2nc(C)cc2C)c1. The summed E-state index contributed by atoms with van der Waals surface area (Å²) in [5.41, 5.74) is 2.38. The molecule has 0 spiro atoms. The topological polar surface area (TPSA) is 63.0 Å². The number of nitrogens with one attached hydrogen (secondary N) is 1. The summed E-state index contributed by atoms with van der Waals surface area (Å²) >= 11 is 0. The summed E-state index contributed by atoms with van der Waals surface area (Å²) in [5, 5.41) is 18.0. The number of hydrogen-bond acceptors (Lipinski definition) is 4. The molecule has 0 aromatic carbocycles. The zero-order valence-electron chi connectivity index (χ0n) is 15.5. The van der Waals surface area contributed by atoms with Crippen molar-refractivity contribution in [2.45, 2.75) is 64.0 Å². The molecule has 0 aliphatic heterocycles. The van der Waals surface area contributed by atoms with Crippen molar-refractivity contribution in [1.82, 2.24) is 14.8 Å². The van der Waals surface area contributed by atoms with E-state index >= 15 is 0 Å². The second-order valence-corrected chi connectivity index (χ2v) is 7.18. The molecule has 1 fully saturated rings. The minimum atomic E-state index is -2.58. The molecule has 1 atom stereocenters. The van der Waals surface area contributed by atoms with Gasteiger partial charge in [-0.05, 0) is 50.5 Å². The first-order chi connectivity index (χ1) is 12.8. The molecule has 3 rings (SSSR count). The first-order valence-electron chi connectivity index (χ1n) is 9.09. The Morgan fingerprint density at radius 3 is 2.63 bits per heavy atom. The molecule has 0 saturated heterocycles. The highest BCUT2D eigenvalue weighted by atomic mass is 19.3. The monoisotopic (exact) mass is 374 g/mol. The molecule has 2 heterocycles. The molecule has 27 heavy (non-hydrogen) atoms. The van der Waals surface area contributed by atoms with Crippen LogP contribution < -0.4 is 5.32 Å². The van der Waals surface area contributed by atoms with Crippen LogP contribution in [0, 0.1) is 26.2 Å². The predicted molar refractivity (Wildman–Crippen MR) is 100 cm³/mol. The number of aryl methyl sites for hydroxylation is 2. The summed E-state index contributed by atoms with van der Waals surface area (Å²) < 4.78 is 28.5. The van der Waals surface area contributed by atoms with Gasteiger partial charge < -0.3 is 10.4 Å². The van der Waals surface area contributed by atoms with E-state index in [0.717, 1.165) is 11.4 Å². The van der Waals surface area contributed by atoms with Gasteiger partial charge in [-0.2, -0.15) is 5.10 Å². The Hall–Kier alpha value is -2.46. The second kappa shape index (κ2) is 7.65. The van der Waals surface area contributed by atoms with E-state index in [1.807, 2.05) is 19.9 Å². The van der Waals surface area contributed by atoms with Crippen molar-refractivity contribution < 1.29 is 13.9 Å². The third-order valence-corrected chi connectivity index (χ3v) is 4.83. The van der Waals surface area contributed by atoms with Gasteiger partial charge in [-0.1, -0.05) is 0 Å². The van der Waals surface area contributed by atoms with Gasteiger partial charge >= 0.3 is 0 Å². The highest BCUT2D eigenvalue weighted by Crippen LogP contribution is 2.34. The Bertz CT molecular complexity index is 846. The van der Waals surface area contributed by atoms with Gasteiger partial charge in [0.05, 0.1) is 11.8 Å². The maximum absolute atomic E-state index is 13.4. The molecule has 1 unspecified atom stereocenters. The second-order valence-electron chi connectivity index (χ2n) is 7.18. The Balaban J connectivity index is 1.90. The molecule has 1 aliphatic carbocycles. The number of halogens is 2. The van der Waals surface area contributed by atoms with Gasteiger partial charge in [-0.25, -0.2) is 18.4 Å². The number of aromatic nitrogens is 3. The molecule has 1 aliphatic rings. The lowest BCUT2D eigenvalue weighted by Crippen LogP contribution is -2.32. The average molecular weight is 374 g/mol. The first-order valence-corrected chi connectivity index (χ1v) is 9.09. The number of aliphatic hydroxyl groups excluding tert-OH is 1. The highest BCUT2D eigenvalue weighted by molar-refractivity contribution is 5.46. The van der Waals surface area contributed by atoms with Gasteiger partial charge in [0.25, 0.3) is 0 Å². The predicted octanol–water partition coefficient (Wildman–Crippen LogP) is 3.93. The standard InChI is InChI=1S/C20H24F2N4O/c1-4-5-17(27)15-11-18(23-16-6-8-20(21,22)9-7-16)24-19(12-15)26-14(3)10-13(2)25-26/h1,10-12,16-17,27H,5-9H2,2-3H3,(H,23,24). The van der Waals surface area contributed by atoms with Crippen LogP contribution in [0.4, 0.5) is 14.6 Å². The summed E-state index contributed by atoms with van der Waals surface area (Å²) in [5.74, 6) is 0.958. The van der Waals surface area contributed by atoms with E-state index in [2.05, 4.69) is 21.3 Å². The van der Waals surface area contributed by atoms with E-state index in [-0.39, 0.29) is 25.3 Å². The minimum Gasteiger partial charge on any atom is -0.387 e. The lowest BCUT2D eigenvalue weighted by Gasteiger charge is -2.29. The fraction of sp³-hybridized carbons (Fsp3) is 0.500. The summed E-state index contributed by atoms with van der Waals surface area (Å²) in [7, 11) is 0. The summed E-state index contributed by atoms with van der Waals surface area (Å²) in [6, 6.07) is 5.33. The zero-order chi connectivity index (χ0) is 19.6. The number of anilines is 1.